The second-order valence-electron chi connectivity index (χ2n) is 4.84. The van der Waals surface area contributed by atoms with Crippen molar-refractivity contribution in [3.05, 3.63) is 53.6 Å². The highest BCUT2D eigenvalue weighted by atomic mass is 16.5. The summed E-state index contributed by atoms with van der Waals surface area (Å²) in [4.78, 5) is 12.0. The molecule has 0 aliphatic carbocycles. The zero-order chi connectivity index (χ0) is 16.7. The van der Waals surface area contributed by atoms with Crippen LogP contribution >= 0.6 is 0 Å². The molecule has 2 rings (SSSR count). The van der Waals surface area contributed by atoms with E-state index in [1.165, 1.54) is 0 Å². The van der Waals surface area contributed by atoms with Gasteiger partial charge in [0.25, 0.3) is 0 Å². The Labute approximate surface area is 135 Å². The molecule has 5 nitrogen and oxygen atoms in total. The van der Waals surface area contributed by atoms with E-state index in [2.05, 4.69) is 0 Å². The molecule has 0 unspecified atom stereocenters. The average molecular weight is 316 g/mol. The molecule has 0 fully saturated rings. The molecule has 0 atom stereocenters. The van der Waals surface area contributed by atoms with Crippen LogP contribution in [0, 0.1) is 0 Å². The molecule has 0 saturated heterocycles. The Hall–Kier alpha value is -2.69. The van der Waals surface area contributed by atoms with E-state index < -0.39 is 0 Å². The number of carbonyl (C=O) groups is 1. The van der Waals surface area contributed by atoms with E-state index in [0.29, 0.717) is 17.2 Å². The number of benzene rings is 2. The average Bonchev–Trinajstić information content (AvgIpc) is 2.60. The number of hydrogen-bond donors (Lipinski definition) is 0. The minimum Gasteiger partial charge on any atom is -0.496 e. The van der Waals surface area contributed by atoms with E-state index in [-0.39, 0.29) is 19.0 Å². The zero-order valence-electron chi connectivity index (χ0n) is 13.5. The number of rotatable bonds is 7. The first-order chi connectivity index (χ1) is 11.2. The molecule has 2 aromatic rings. The number of para-hydroxylation sites is 1. The van der Waals surface area contributed by atoms with E-state index in [1.54, 1.807) is 33.5 Å². The SMILES string of the molecule is COc1ccccc1COC(=O)Cc1ccc(OC)c(OC)c1. The molecule has 0 saturated carbocycles. The van der Waals surface area contributed by atoms with Crippen LogP contribution in [0.3, 0.4) is 0 Å². The first-order valence-electron chi connectivity index (χ1n) is 7.16. The van der Waals surface area contributed by atoms with E-state index in [4.69, 9.17) is 18.9 Å². The van der Waals surface area contributed by atoms with Gasteiger partial charge in [0.05, 0.1) is 27.8 Å². The van der Waals surface area contributed by atoms with Crippen molar-refractivity contribution < 1.29 is 23.7 Å². The van der Waals surface area contributed by atoms with Crippen LogP contribution in [0.25, 0.3) is 0 Å². The lowest BCUT2D eigenvalue weighted by Gasteiger charge is -2.11. The van der Waals surface area contributed by atoms with Gasteiger partial charge in [0.1, 0.15) is 12.4 Å². The topological polar surface area (TPSA) is 54.0 Å². The molecule has 23 heavy (non-hydrogen) atoms. The summed E-state index contributed by atoms with van der Waals surface area (Å²) in [6.07, 6.45) is 0.162. The number of carbonyl (C=O) groups excluding carboxylic acids is 1. The molecule has 0 N–H and O–H groups in total. The minimum atomic E-state index is -0.317. The van der Waals surface area contributed by atoms with Gasteiger partial charge < -0.3 is 18.9 Å². The predicted molar refractivity (Wildman–Crippen MR) is 86.0 cm³/mol. The van der Waals surface area contributed by atoms with Gasteiger partial charge in [0, 0.05) is 5.56 Å². The lowest BCUT2D eigenvalue weighted by Crippen LogP contribution is -2.08. The smallest absolute Gasteiger partial charge is 0.310 e. The van der Waals surface area contributed by atoms with Crippen molar-refractivity contribution in [2.45, 2.75) is 13.0 Å². The monoisotopic (exact) mass is 316 g/mol. The molecule has 2 aromatic carbocycles. The van der Waals surface area contributed by atoms with Crippen LogP contribution in [0.1, 0.15) is 11.1 Å². The van der Waals surface area contributed by atoms with Gasteiger partial charge in [-0.2, -0.15) is 0 Å². The van der Waals surface area contributed by atoms with E-state index in [9.17, 15) is 4.79 Å². The molecule has 0 radical (unpaired) electrons. The van der Waals surface area contributed by atoms with Crippen LogP contribution in [-0.4, -0.2) is 27.3 Å². The van der Waals surface area contributed by atoms with Crippen LogP contribution in [0.15, 0.2) is 42.5 Å². The third kappa shape index (κ3) is 4.39. The van der Waals surface area contributed by atoms with Crippen molar-refractivity contribution in [2.24, 2.45) is 0 Å². The first-order valence-corrected chi connectivity index (χ1v) is 7.16. The summed E-state index contributed by atoms with van der Waals surface area (Å²) in [5, 5.41) is 0. The molecule has 0 heterocycles. The van der Waals surface area contributed by atoms with Crippen LogP contribution in [0.4, 0.5) is 0 Å². The van der Waals surface area contributed by atoms with Gasteiger partial charge in [-0.05, 0) is 23.8 Å². The Morgan fingerprint density at radius 3 is 2.26 bits per heavy atom. The second-order valence-corrected chi connectivity index (χ2v) is 4.84. The predicted octanol–water partition coefficient (Wildman–Crippen LogP) is 3.00. The van der Waals surface area contributed by atoms with Crippen molar-refractivity contribution in [3.63, 3.8) is 0 Å². The van der Waals surface area contributed by atoms with Gasteiger partial charge in [-0.3, -0.25) is 4.79 Å². The number of methoxy groups -OCH3 is 3. The summed E-state index contributed by atoms with van der Waals surface area (Å²) < 4.78 is 20.9. The van der Waals surface area contributed by atoms with Crippen LogP contribution in [0.5, 0.6) is 17.2 Å². The first kappa shape index (κ1) is 16.7. The number of hydrogen-bond acceptors (Lipinski definition) is 5. The van der Waals surface area contributed by atoms with E-state index >= 15 is 0 Å². The molecule has 0 bridgehead atoms. The molecule has 0 aliphatic rings. The van der Waals surface area contributed by atoms with Crippen molar-refractivity contribution >= 4 is 5.97 Å². The van der Waals surface area contributed by atoms with Crippen LogP contribution in [-0.2, 0) is 22.6 Å². The van der Waals surface area contributed by atoms with Gasteiger partial charge >= 0.3 is 5.97 Å². The quantitative estimate of drug-likeness (QED) is 0.735. The number of ether oxygens (including phenoxy) is 4. The third-order valence-electron chi connectivity index (χ3n) is 3.38. The standard InChI is InChI=1S/C18H20O5/c1-20-15-7-5-4-6-14(15)12-23-18(19)11-13-8-9-16(21-2)17(10-13)22-3/h4-10H,11-12H2,1-3H3. The molecule has 0 aromatic heterocycles. The zero-order valence-corrected chi connectivity index (χ0v) is 13.5. The van der Waals surface area contributed by atoms with Crippen LogP contribution in [0.2, 0.25) is 0 Å². The van der Waals surface area contributed by atoms with E-state index in [1.807, 2.05) is 30.3 Å². The maximum absolute atomic E-state index is 12.0. The lowest BCUT2D eigenvalue weighted by atomic mass is 10.1. The van der Waals surface area contributed by atoms with Crippen molar-refractivity contribution in [2.75, 3.05) is 21.3 Å². The summed E-state index contributed by atoms with van der Waals surface area (Å²) in [7, 11) is 4.71. The second kappa shape index (κ2) is 8.08. The summed E-state index contributed by atoms with van der Waals surface area (Å²) in [6, 6.07) is 12.8. The van der Waals surface area contributed by atoms with Gasteiger partial charge in [-0.25, -0.2) is 0 Å². The lowest BCUT2D eigenvalue weighted by molar-refractivity contribution is -0.144. The van der Waals surface area contributed by atoms with Gasteiger partial charge in [0.2, 0.25) is 0 Å². The van der Waals surface area contributed by atoms with Crippen molar-refractivity contribution in [3.8, 4) is 17.2 Å². The van der Waals surface area contributed by atoms with Gasteiger partial charge in [-0.1, -0.05) is 24.3 Å². The Bertz CT molecular complexity index is 666. The Morgan fingerprint density at radius 1 is 0.870 bits per heavy atom. The maximum Gasteiger partial charge on any atom is 0.310 e. The fourth-order valence-electron chi connectivity index (χ4n) is 2.19. The molecular weight excluding hydrogens is 296 g/mol. The molecule has 0 aliphatic heterocycles. The van der Waals surface area contributed by atoms with Crippen LogP contribution < -0.4 is 14.2 Å². The molecule has 0 amide bonds. The molecule has 122 valence electrons. The Morgan fingerprint density at radius 2 is 1.57 bits per heavy atom. The maximum atomic E-state index is 12.0. The van der Waals surface area contributed by atoms with Gasteiger partial charge in [-0.15, -0.1) is 0 Å². The van der Waals surface area contributed by atoms with Gasteiger partial charge in [0.15, 0.2) is 11.5 Å². The molecule has 5 heteroatoms. The van der Waals surface area contributed by atoms with Crippen molar-refractivity contribution in [1.82, 2.24) is 0 Å². The molecule has 0 spiro atoms. The highest BCUT2D eigenvalue weighted by Crippen LogP contribution is 2.27. The third-order valence-corrected chi connectivity index (χ3v) is 3.38. The van der Waals surface area contributed by atoms with E-state index in [0.717, 1.165) is 11.1 Å². The fourth-order valence-corrected chi connectivity index (χ4v) is 2.19. The Balaban J connectivity index is 1.97. The Kier molecular flexibility index (Phi) is 5.86. The highest BCUT2D eigenvalue weighted by Gasteiger charge is 2.10. The minimum absolute atomic E-state index is 0.162. The fraction of sp³-hybridized carbons (Fsp3) is 0.278. The highest BCUT2D eigenvalue weighted by molar-refractivity contribution is 5.73. The summed E-state index contributed by atoms with van der Waals surface area (Å²) in [5.41, 5.74) is 1.63. The number of esters is 1. The largest absolute Gasteiger partial charge is 0.496 e. The summed E-state index contributed by atoms with van der Waals surface area (Å²) >= 11 is 0. The normalized spacial score (nSPS) is 10.0. The van der Waals surface area contributed by atoms with Crippen molar-refractivity contribution in [1.29, 1.82) is 0 Å². The summed E-state index contributed by atoms with van der Waals surface area (Å²) in [5.74, 6) is 1.59. The summed E-state index contributed by atoms with van der Waals surface area (Å²) in [6.45, 7) is 0.177. The molecular formula is C18H20O5.